The standard InChI is InChI=1S/C16H35BrN.C7H8O3S/c1-4-7-10-11-15-18(16-12-17,13-8-5-2)14-9-6-3;1-6-2-4-7(5-3-6)11(8,9)10/h4-16H2,1-3H3;2-5H,1H3,(H,8,9,10)/q+1;/p-1. The van der Waals surface area contributed by atoms with Gasteiger partial charge in [-0.2, -0.15) is 0 Å². The first-order valence-electron chi connectivity index (χ1n) is 11.2. The molecular weight excluding hydrogens is 450 g/mol. The van der Waals surface area contributed by atoms with Gasteiger partial charge in [0.2, 0.25) is 0 Å². The van der Waals surface area contributed by atoms with Crippen LogP contribution in [0.4, 0.5) is 0 Å². The van der Waals surface area contributed by atoms with Crippen LogP contribution in [0, 0.1) is 6.92 Å². The Morgan fingerprint density at radius 2 is 1.28 bits per heavy atom. The fourth-order valence-corrected chi connectivity index (χ4v) is 4.64. The molecule has 4 nitrogen and oxygen atoms in total. The van der Waals surface area contributed by atoms with Gasteiger partial charge in [0, 0.05) is 0 Å². The maximum Gasteiger partial charge on any atom is 0.124 e. The lowest BCUT2D eigenvalue weighted by atomic mass is 10.1. The first kappa shape index (κ1) is 28.6. The molecule has 0 bridgehead atoms. The average molecular weight is 493 g/mol. The number of alkyl halides is 1. The van der Waals surface area contributed by atoms with Crippen LogP contribution in [0.15, 0.2) is 29.2 Å². The van der Waals surface area contributed by atoms with Gasteiger partial charge in [-0.05, 0) is 44.7 Å². The molecule has 0 saturated heterocycles. The van der Waals surface area contributed by atoms with Crippen LogP contribution >= 0.6 is 15.9 Å². The van der Waals surface area contributed by atoms with Crippen LogP contribution in [-0.4, -0.2) is 49.0 Å². The van der Waals surface area contributed by atoms with E-state index in [4.69, 9.17) is 0 Å². The highest BCUT2D eigenvalue weighted by atomic mass is 79.9. The van der Waals surface area contributed by atoms with Crippen molar-refractivity contribution >= 4 is 26.0 Å². The number of halogens is 1. The zero-order valence-electron chi connectivity index (χ0n) is 19.0. The molecule has 170 valence electrons. The van der Waals surface area contributed by atoms with Crippen LogP contribution in [0.5, 0.6) is 0 Å². The van der Waals surface area contributed by atoms with E-state index in [1.54, 1.807) is 12.1 Å². The van der Waals surface area contributed by atoms with Gasteiger partial charge in [-0.15, -0.1) is 0 Å². The summed E-state index contributed by atoms with van der Waals surface area (Å²) in [5.41, 5.74) is 0.928. The quantitative estimate of drug-likeness (QED) is 0.133. The second-order valence-corrected chi connectivity index (χ2v) is 10.1. The van der Waals surface area contributed by atoms with Crippen LogP contribution in [-0.2, 0) is 10.1 Å². The number of hydrogen-bond acceptors (Lipinski definition) is 3. The van der Waals surface area contributed by atoms with Crippen molar-refractivity contribution in [1.82, 2.24) is 0 Å². The van der Waals surface area contributed by atoms with E-state index in [1.807, 2.05) is 6.92 Å². The van der Waals surface area contributed by atoms with E-state index in [2.05, 4.69) is 36.7 Å². The van der Waals surface area contributed by atoms with Gasteiger partial charge in [0.05, 0.1) is 36.4 Å². The van der Waals surface area contributed by atoms with Crippen LogP contribution in [0.1, 0.15) is 77.7 Å². The van der Waals surface area contributed by atoms with Crippen LogP contribution in [0.2, 0.25) is 0 Å². The van der Waals surface area contributed by atoms with Gasteiger partial charge < -0.3 is 9.04 Å². The van der Waals surface area contributed by atoms with E-state index in [9.17, 15) is 13.0 Å². The summed E-state index contributed by atoms with van der Waals surface area (Å²) in [7, 11) is -4.27. The average Bonchev–Trinajstić information content (AvgIpc) is 2.68. The fourth-order valence-electron chi connectivity index (χ4n) is 3.42. The molecule has 0 aliphatic carbocycles. The fraction of sp³-hybridized carbons (Fsp3) is 0.739. The Hall–Kier alpha value is -0.430. The third-order valence-electron chi connectivity index (χ3n) is 5.33. The molecule has 0 amide bonds. The number of unbranched alkanes of at least 4 members (excludes halogenated alkanes) is 5. The number of benzene rings is 1. The number of hydrogen-bond donors (Lipinski definition) is 0. The van der Waals surface area contributed by atoms with Crippen molar-refractivity contribution in [1.29, 1.82) is 0 Å². The largest absolute Gasteiger partial charge is 0.744 e. The maximum absolute atomic E-state index is 10.4. The molecule has 0 saturated carbocycles. The van der Waals surface area contributed by atoms with Gasteiger partial charge in [0.25, 0.3) is 0 Å². The van der Waals surface area contributed by atoms with Crippen molar-refractivity contribution in [3.63, 3.8) is 0 Å². The smallest absolute Gasteiger partial charge is 0.124 e. The molecule has 1 aromatic rings. The normalized spacial score (nSPS) is 11.8. The van der Waals surface area contributed by atoms with Crippen molar-refractivity contribution in [2.24, 2.45) is 0 Å². The summed E-state index contributed by atoms with van der Waals surface area (Å²) >= 11 is 3.68. The molecule has 0 heterocycles. The Kier molecular flexibility index (Phi) is 16.0. The summed E-state index contributed by atoms with van der Waals surface area (Å²) in [6, 6.07) is 5.78. The molecular formula is C23H42BrNO3S. The molecule has 0 unspecified atom stereocenters. The minimum Gasteiger partial charge on any atom is -0.744 e. The van der Waals surface area contributed by atoms with E-state index in [-0.39, 0.29) is 4.90 Å². The molecule has 29 heavy (non-hydrogen) atoms. The number of quaternary nitrogens is 1. The molecule has 1 aromatic carbocycles. The lowest BCUT2D eigenvalue weighted by molar-refractivity contribution is -0.926. The number of rotatable bonds is 14. The topological polar surface area (TPSA) is 57.2 Å². The predicted octanol–water partition coefficient (Wildman–Crippen LogP) is 6.28. The van der Waals surface area contributed by atoms with Gasteiger partial charge in [-0.3, -0.25) is 0 Å². The van der Waals surface area contributed by atoms with Gasteiger partial charge >= 0.3 is 0 Å². The highest BCUT2D eigenvalue weighted by Gasteiger charge is 2.24. The predicted molar refractivity (Wildman–Crippen MR) is 127 cm³/mol. The van der Waals surface area contributed by atoms with Gasteiger partial charge in [-0.25, -0.2) is 8.42 Å². The SMILES string of the molecule is CCCCCC[N+](CCBr)(CCCC)CCCC.Cc1ccc(S(=O)(=O)[O-])cc1. The van der Waals surface area contributed by atoms with Crippen LogP contribution in [0.3, 0.4) is 0 Å². The molecule has 0 aliphatic heterocycles. The van der Waals surface area contributed by atoms with Crippen molar-refractivity contribution in [3.05, 3.63) is 29.8 Å². The molecule has 0 atom stereocenters. The van der Waals surface area contributed by atoms with Gasteiger partial charge in [0.1, 0.15) is 10.1 Å². The van der Waals surface area contributed by atoms with E-state index >= 15 is 0 Å². The second kappa shape index (κ2) is 16.3. The molecule has 6 heteroatoms. The Morgan fingerprint density at radius 3 is 1.69 bits per heavy atom. The summed E-state index contributed by atoms with van der Waals surface area (Å²) in [6.45, 7) is 14.3. The van der Waals surface area contributed by atoms with Gasteiger partial charge in [-0.1, -0.05) is 80.1 Å². The third-order valence-corrected chi connectivity index (χ3v) is 6.53. The molecule has 0 aliphatic rings. The molecule has 0 spiro atoms. The zero-order valence-corrected chi connectivity index (χ0v) is 21.4. The molecule has 0 radical (unpaired) electrons. The third kappa shape index (κ3) is 13.5. The number of aryl methyl sites for hydroxylation is 1. The van der Waals surface area contributed by atoms with Gasteiger partial charge in [0.15, 0.2) is 0 Å². The van der Waals surface area contributed by atoms with Crippen molar-refractivity contribution in [2.75, 3.05) is 31.5 Å². The Labute approximate surface area is 188 Å². The first-order chi connectivity index (χ1) is 13.7. The minimum atomic E-state index is -4.27. The lowest BCUT2D eigenvalue weighted by Crippen LogP contribution is -2.51. The number of nitrogens with zero attached hydrogens (tertiary/aromatic N) is 1. The Bertz CT molecular complexity index is 610. The van der Waals surface area contributed by atoms with Crippen LogP contribution < -0.4 is 0 Å². The Balaban J connectivity index is 0.000000604. The van der Waals surface area contributed by atoms with E-state index in [1.165, 1.54) is 94.2 Å². The minimum absolute atomic E-state index is 0.178. The molecule has 0 fully saturated rings. The lowest BCUT2D eigenvalue weighted by Gasteiger charge is -2.39. The van der Waals surface area contributed by atoms with Crippen molar-refractivity contribution < 1.29 is 17.5 Å². The van der Waals surface area contributed by atoms with E-state index in [0.717, 1.165) is 10.9 Å². The molecule has 0 aromatic heterocycles. The maximum atomic E-state index is 10.4. The van der Waals surface area contributed by atoms with Crippen molar-refractivity contribution in [2.45, 2.75) is 84.0 Å². The van der Waals surface area contributed by atoms with E-state index < -0.39 is 10.1 Å². The second-order valence-electron chi connectivity index (χ2n) is 7.96. The first-order valence-corrected chi connectivity index (χ1v) is 13.7. The summed E-state index contributed by atoms with van der Waals surface area (Å²) in [6.07, 6.45) is 11.1. The summed E-state index contributed by atoms with van der Waals surface area (Å²) < 4.78 is 32.5. The van der Waals surface area contributed by atoms with Crippen molar-refractivity contribution in [3.8, 4) is 0 Å². The summed E-state index contributed by atoms with van der Waals surface area (Å²) in [5.74, 6) is 0. The van der Waals surface area contributed by atoms with Crippen LogP contribution in [0.25, 0.3) is 0 Å². The summed E-state index contributed by atoms with van der Waals surface area (Å²) in [5, 5.41) is 1.16. The Morgan fingerprint density at radius 1 is 0.793 bits per heavy atom. The highest BCUT2D eigenvalue weighted by Crippen LogP contribution is 2.16. The van der Waals surface area contributed by atoms with E-state index in [0.29, 0.717) is 0 Å². The highest BCUT2D eigenvalue weighted by molar-refractivity contribution is 9.09. The molecule has 0 N–H and O–H groups in total. The summed E-state index contributed by atoms with van der Waals surface area (Å²) in [4.78, 5) is -0.178. The zero-order chi connectivity index (χ0) is 22.2. The molecule has 1 rings (SSSR count). The monoisotopic (exact) mass is 491 g/mol.